The van der Waals surface area contributed by atoms with Crippen molar-refractivity contribution in [2.24, 2.45) is 5.41 Å². The molecule has 1 saturated heterocycles. The molecule has 0 aromatic carbocycles. The molecule has 1 N–H and O–H groups in total. The molecule has 22 heavy (non-hydrogen) atoms. The maximum Gasteiger partial charge on any atom is 0.168 e. The molecule has 126 valence electrons. The molecule has 0 atom stereocenters. The molecule has 4 rings (SSSR count). The van der Waals surface area contributed by atoms with Gasteiger partial charge < -0.3 is 14.8 Å². The van der Waals surface area contributed by atoms with Gasteiger partial charge in [0.2, 0.25) is 0 Å². The summed E-state index contributed by atoms with van der Waals surface area (Å²) >= 11 is 0. The molecule has 1 heterocycles. The molecular formula is C19H33NO2. The van der Waals surface area contributed by atoms with Gasteiger partial charge in [0.1, 0.15) is 0 Å². The van der Waals surface area contributed by atoms with E-state index in [1.54, 1.807) is 0 Å². The Hall–Kier alpha value is -0.120. The van der Waals surface area contributed by atoms with Gasteiger partial charge in [-0.15, -0.1) is 0 Å². The molecule has 4 fully saturated rings. The Labute approximate surface area is 135 Å². The Kier molecular flexibility index (Phi) is 4.49. The van der Waals surface area contributed by atoms with E-state index in [1.165, 1.54) is 70.6 Å². The summed E-state index contributed by atoms with van der Waals surface area (Å²) in [5.41, 5.74) is 0.749. The van der Waals surface area contributed by atoms with Gasteiger partial charge in [0.05, 0.1) is 13.2 Å². The number of hydrogen-bond acceptors (Lipinski definition) is 3. The maximum absolute atomic E-state index is 5.84. The fourth-order valence-corrected chi connectivity index (χ4v) is 5.54. The maximum atomic E-state index is 5.84. The number of ether oxygens (including phenoxy) is 2. The van der Waals surface area contributed by atoms with E-state index >= 15 is 0 Å². The van der Waals surface area contributed by atoms with Crippen LogP contribution in [0.3, 0.4) is 0 Å². The number of rotatable bonds is 2. The third kappa shape index (κ3) is 3.22. The Balaban J connectivity index is 1.22. The molecule has 0 unspecified atom stereocenters. The zero-order chi connectivity index (χ0) is 14.9. The molecule has 0 radical (unpaired) electrons. The monoisotopic (exact) mass is 307 g/mol. The van der Waals surface area contributed by atoms with E-state index < -0.39 is 0 Å². The van der Waals surface area contributed by atoms with Crippen LogP contribution in [-0.4, -0.2) is 31.1 Å². The highest BCUT2D eigenvalue weighted by atomic mass is 16.7. The minimum absolute atomic E-state index is 0.198. The van der Waals surface area contributed by atoms with Gasteiger partial charge in [0, 0.05) is 24.9 Å². The minimum atomic E-state index is -0.198. The summed E-state index contributed by atoms with van der Waals surface area (Å²) in [5, 5.41) is 3.98. The van der Waals surface area contributed by atoms with E-state index in [0.29, 0.717) is 6.04 Å². The standard InChI is InChI=1S/C19H33NO2/c1-2-8-18(9-3-1)10-4-16(5-11-18)20-17-6-12-19(13-7-17)21-14-15-22-19/h16-17,20H,1-15H2. The van der Waals surface area contributed by atoms with Crippen molar-refractivity contribution in [1.29, 1.82) is 0 Å². The molecule has 0 amide bonds. The summed E-state index contributed by atoms with van der Waals surface area (Å²) in [6.45, 7) is 1.59. The van der Waals surface area contributed by atoms with Crippen molar-refractivity contribution in [3.8, 4) is 0 Å². The van der Waals surface area contributed by atoms with Gasteiger partial charge in [-0.25, -0.2) is 0 Å². The smallest absolute Gasteiger partial charge is 0.168 e. The van der Waals surface area contributed by atoms with Crippen molar-refractivity contribution in [2.45, 2.75) is 101 Å². The van der Waals surface area contributed by atoms with Crippen LogP contribution in [0.15, 0.2) is 0 Å². The van der Waals surface area contributed by atoms with Crippen molar-refractivity contribution in [1.82, 2.24) is 5.32 Å². The van der Waals surface area contributed by atoms with Crippen LogP contribution in [0.25, 0.3) is 0 Å². The second kappa shape index (κ2) is 6.41. The zero-order valence-electron chi connectivity index (χ0n) is 14.1. The highest BCUT2D eigenvalue weighted by Crippen LogP contribution is 2.47. The predicted octanol–water partition coefficient (Wildman–Crippen LogP) is 4.15. The second-order valence-corrected chi connectivity index (χ2v) is 8.38. The van der Waals surface area contributed by atoms with E-state index in [2.05, 4.69) is 5.32 Å². The third-order valence-electron chi connectivity index (χ3n) is 6.99. The van der Waals surface area contributed by atoms with Crippen molar-refractivity contribution >= 4 is 0 Å². The lowest BCUT2D eigenvalue weighted by Crippen LogP contribution is -2.47. The summed E-state index contributed by atoms with van der Waals surface area (Å²) in [7, 11) is 0. The Morgan fingerprint density at radius 1 is 0.636 bits per heavy atom. The lowest BCUT2D eigenvalue weighted by atomic mass is 9.64. The van der Waals surface area contributed by atoms with Crippen LogP contribution in [0.2, 0.25) is 0 Å². The van der Waals surface area contributed by atoms with Gasteiger partial charge in [0.25, 0.3) is 0 Å². The van der Waals surface area contributed by atoms with Crippen LogP contribution >= 0.6 is 0 Å². The quantitative estimate of drug-likeness (QED) is 0.831. The Morgan fingerprint density at radius 2 is 1.18 bits per heavy atom. The van der Waals surface area contributed by atoms with E-state index in [9.17, 15) is 0 Å². The molecule has 0 aromatic heterocycles. The third-order valence-corrected chi connectivity index (χ3v) is 6.99. The van der Waals surface area contributed by atoms with Crippen molar-refractivity contribution < 1.29 is 9.47 Å². The largest absolute Gasteiger partial charge is 0.348 e. The Morgan fingerprint density at radius 3 is 1.77 bits per heavy atom. The van der Waals surface area contributed by atoms with Crippen molar-refractivity contribution in [3.63, 3.8) is 0 Å². The lowest BCUT2D eigenvalue weighted by Gasteiger charge is -2.44. The SMILES string of the molecule is C1CCC2(CC1)CCC(NC1CCC3(CC1)OCCO3)CC2. The lowest BCUT2D eigenvalue weighted by molar-refractivity contribution is -0.179. The summed E-state index contributed by atoms with van der Waals surface area (Å²) in [5.74, 6) is -0.198. The predicted molar refractivity (Wildman–Crippen MR) is 87.8 cm³/mol. The van der Waals surface area contributed by atoms with Crippen LogP contribution in [-0.2, 0) is 9.47 Å². The minimum Gasteiger partial charge on any atom is -0.348 e. The fourth-order valence-electron chi connectivity index (χ4n) is 5.54. The first-order valence-corrected chi connectivity index (χ1v) is 9.82. The van der Waals surface area contributed by atoms with Gasteiger partial charge in [-0.2, -0.15) is 0 Å². The van der Waals surface area contributed by atoms with Gasteiger partial charge in [-0.3, -0.25) is 0 Å². The van der Waals surface area contributed by atoms with Crippen LogP contribution in [0.4, 0.5) is 0 Å². The summed E-state index contributed by atoms with van der Waals surface area (Å²) in [6, 6.07) is 1.47. The van der Waals surface area contributed by atoms with Crippen LogP contribution in [0.1, 0.15) is 83.5 Å². The molecule has 3 nitrogen and oxygen atoms in total. The average Bonchev–Trinajstić information content (AvgIpc) is 3.02. The van der Waals surface area contributed by atoms with Gasteiger partial charge >= 0.3 is 0 Å². The molecule has 0 aromatic rings. The summed E-state index contributed by atoms with van der Waals surface area (Å²) in [4.78, 5) is 0. The molecule has 4 aliphatic rings. The Bertz CT molecular complexity index is 352. The molecule has 3 aliphatic carbocycles. The average molecular weight is 307 g/mol. The summed E-state index contributed by atoms with van der Waals surface area (Å²) < 4.78 is 11.7. The van der Waals surface area contributed by atoms with Crippen molar-refractivity contribution in [3.05, 3.63) is 0 Å². The van der Waals surface area contributed by atoms with Crippen LogP contribution in [0, 0.1) is 5.41 Å². The van der Waals surface area contributed by atoms with Gasteiger partial charge in [-0.05, 0) is 56.8 Å². The fraction of sp³-hybridized carbons (Fsp3) is 1.00. The molecular weight excluding hydrogens is 274 g/mol. The summed E-state index contributed by atoms with van der Waals surface area (Å²) in [6.07, 6.45) is 17.9. The molecule has 3 heteroatoms. The second-order valence-electron chi connectivity index (χ2n) is 8.38. The van der Waals surface area contributed by atoms with Crippen LogP contribution < -0.4 is 5.32 Å². The number of hydrogen-bond donors (Lipinski definition) is 1. The first-order chi connectivity index (χ1) is 10.8. The van der Waals surface area contributed by atoms with E-state index in [1.807, 2.05) is 0 Å². The molecule has 3 saturated carbocycles. The highest BCUT2D eigenvalue weighted by Gasteiger charge is 2.41. The molecule has 1 aliphatic heterocycles. The van der Waals surface area contributed by atoms with Crippen LogP contribution in [0.5, 0.6) is 0 Å². The topological polar surface area (TPSA) is 30.5 Å². The first-order valence-electron chi connectivity index (χ1n) is 9.82. The van der Waals surface area contributed by atoms with E-state index in [-0.39, 0.29) is 5.79 Å². The van der Waals surface area contributed by atoms with Gasteiger partial charge in [0.15, 0.2) is 5.79 Å². The van der Waals surface area contributed by atoms with Crippen molar-refractivity contribution in [2.75, 3.05) is 13.2 Å². The van der Waals surface area contributed by atoms with E-state index in [0.717, 1.165) is 37.5 Å². The zero-order valence-corrected chi connectivity index (χ0v) is 14.1. The molecule has 2 spiro atoms. The molecule has 0 bridgehead atoms. The highest BCUT2D eigenvalue weighted by molar-refractivity contribution is 4.92. The normalized spacial score (nSPS) is 35.2. The van der Waals surface area contributed by atoms with E-state index in [4.69, 9.17) is 9.47 Å². The first kappa shape index (κ1) is 15.4. The number of nitrogens with one attached hydrogen (secondary N) is 1. The van der Waals surface area contributed by atoms with Gasteiger partial charge in [-0.1, -0.05) is 19.3 Å².